The van der Waals surface area contributed by atoms with Gasteiger partial charge in [0, 0.05) is 26.5 Å². The number of nitrogens with zero attached hydrogens (tertiary/aromatic N) is 3. The van der Waals surface area contributed by atoms with Gasteiger partial charge in [-0.1, -0.05) is 0 Å². The molecular weight excluding hydrogens is 196 g/mol. The summed E-state index contributed by atoms with van der Waals surface area (Å²) < 4.78 is 0. The maximum atomic E-state index is 11.1. The van der Waals surface area contributed by atoms with Gasteiger partial charge >= 0.3 is 0 Å². The lowest BCUT2D eigenvalue weighted by Gasteiger charge is -2.15. The normalized spacial score (nSPS) is 9.47. The second kappa shape index (κ2) is 5.04. The van der Waals surface area contributed by atoms with Crippen LogP contribution in [0.25, 0.3) is 0 Å². The Kier molecular flexibility index (Phi) is 3.73. The Hall–Kier alpha value is -1.98. The van der Waals surface area contributed by atoms with Crippen LogP contribution in [0.4, 0.5) is 5.95 Å². The molecule has 0 radical (unpaired) electrons. The fourth-order valence-corrected chi connectivity index (χ4v) is 0.954. The standard InChI is InChI=1S/C9H12N4O2/c1-10-8(15)5-13(2)9-11-3-7(6-14)4-12-9/h3-4,6H,5H2,1-2H3,(H,10,15). The fourth-order valence-electron chi connectivity index (χ4n) is 0.954. The topological polar surface area (TPSA) is 75.2 Å². The summed E-state index contributed by atoms with van der Waals surface area (Å²) in [5.74, 6) is 0.282. The molecule has 0 bridgehead atoms. The molecule has 0 spiro atoms. The Bertz CT molecular complexity index is 350. The number of anilines is 1. The van der Waals surface area contributed by atoms with E-state index in [-0.39, 0.29) is 12.5 Å². The molecule has 0 aliphatic heterocycles. The molecule has 1 heterocycles. The first kappa shape index (κ1) is 11.1. The fraction of sp³-hybridized carbons (Fsp3) is 0.333. The molecule has 1 aromatic rings. The van der Waals surface area contributed by atoms with E-state index in [1.54, 1.807) is 19.0 Å². The number of hydrogen-bond acceptors (Lipinski definition) is 5. The molecule has 6 nitrogen and oxygen atoms in total. The first-order valence-electron chi connectivity index (χ1n) is 4.36. The number of aldehydes is 1. The Labute approximate surface area is 87.3 Å². The smallest absolute Gasteiger partial charge is 0.239 e. The summed E-state index contributed by atoms with van der Waals surface area (Å²) >= 11 is 0. The summed E-state index contributed by atoms with van der Waals surface area (Å²) in [6.45, 7) is 0.178. The van der Waals surface area contributed by atoms with Crippen LogP contribution in [-0.4, -0.2) is 42.8 Å². The van der Waals surface area contributed by atoms with E-state index in [1.165, 1.54) is 12.4 Å². The number of amides is 1. The van der Waals surface area contributed by atoms with Crippen LogP contribution in [-0.2, 0) is 4.79 Å². The third-order valence-electron chi connectivity index (χ3n) is 1.80. The van der Waals surface area contributed by atoms with Gasteiger partial charge in [-0.2, -0.15) is 0 Å². The molecule has 0 aliphatic rings. The lowest BCUT2D eigenvalue weighted by Crippen LogP contribution is -2.33. The van der Waals surface area contributed by atoms with Gasteiger partial charge in [0.25, 0.3) is 0 Å². The third kappa shape index (κ3) is 3.01. The highest BCUT2D eigenvalue weighted by molar-refractivity contribution is 5.80. The summed E-state index contributed by atoms with van der Waals surface area (Å²) in [6, 6.07) is 0. The molecule has 0 saturated carbocycles. The van der Waals surface area contributed by atoms with E-state index in [9.17, 15) is 9.59 Å². The molecule has 0 aromatic carbocycles. The van der Waals surface area contributed by atoms with Crippen LogP contribution in [0.3, 0.4) is 0 Å². The molecule has 0 unspecified atom stereocenters. The minimum absolute atomic E-state index is 0.124. The number of hydrogen-bond donors (Lipinski definition) is 1. The van der Waals surface area contributed by atoms with Gasteiger partial charge in [0.05, 0.1) is 12.1 Å². The van der Waals surface area contributed by atoms with Crippen molar-refractivity contribution in [2.24, 2.45) is 0 Å². The van der Waals surface area contributed by atoms with Crippen LogP contribution in [0.15, 0.2) is 12.4 Å². The maximum absolute atomic E-state index is 11.1. The second-order valence-corrected chi connectivity index (χ2v) is 2.96. The van der Waals surface area contributed by atoms with Crippen molar-refractivity contribution in [2.45, 2.75) is 0 Å². The van der Waals surface area contributed by atoms with Crippen LogP contribution in [0, 0.1) is 0 Å². The molecule has 1 aromatic heterocycles. The van der Waals surface area contributed by atoms with Crippen LogP contribution in [0.2, 0.25) is 0 Å². The van der Waals surface area contributed by atoms with E-state index >= 15 is 0 Å². The van der Waals surface area contributed by atoms with Crippen molar-refractivity contribution < 1.29 is 9.59 Å². The highest BCUT2D eigenvalue weighted by atomic mass is 16.2. The molecule has 15 heavy (non-hydrogen) atoms. The van der Waals surface area contributed by atoms with Crippen LogP contribution < -0.4 is 10.2 Å². The van der Waals surface area contributed by atoms with Crippen molar-refractivity contribution in [3.63, 3.8) is 0 Å². The van der Waals surface area contributed by atoms with E-state index in [0.717, 1.165) is 0 Å². The zero-order valence-corrected chi connectivity index (χ0v) is 8.60. The predicted octanol–water partition coefficient (Wildman–Crippen LogP) is -0.529. The van der Waals surface area contributed by atoms with Crippen molar-refractivity contribution in [2.75, 3.05) is 25.5 Å². The lowest BCUT2D eigenvalue weighted by molar-refractivity contribution is -0.119. The summed E-state index contributed by atoms with van der Waals surface area (Å²) in [5.41, 5.74) is 0.409. The zero-order chi connectivity index (χ0) is 11.3. The van der Waals surface area contributed by atoms with E-state index in [0.29, 0.717) is 17.8 Å². The third-order valence-corrected chi connectivity index (χ3v) is 1.80. The molecule has 1 N–H and O–H groups in total. The van der Waals surface area contributed by atoms with E-state index < -0.39 is 0 Å². The number of carbonyl (C=O) groups is 2. The zero-order valence-electron chi connectivity index (χ0n) is 8.60. The van der Waals surface area contributed by atoms with Crippen LogP contribution >= 0.6 is 0 Å². The molecule has 80 valence electrons. The number of nitrogens with one attached hydrogen (secondary N) is 1. The molecule has 0 fully saturated rings. The highest BCUT2D eigenvalue weighted by Gasteiger charge is 2.07. The lowest BCUT2D eigenvalue weighted by atomic mass is 10.4. The van der Waals surface area contributed by atoms with Crippen molar-refractivity contribution >= 4 is 18.1 Å². The average molecular weight is 208 g/mol. The first-order valence-corrected chi connectivity index (χ1v) is 4.36. The Morgan fingerprint density at radius 3 is 2.60 bits per heavy atom. The quantitative estimate of drug-likeness (QED) is 0.673. The van der Waals surface area contributed by atoms with E-state index in [4.69, 9.17) is 0 Å². The van der Waals surface area contributed by atoms with Gasteiger partial charge in [-0.05, 0) is 0 Å². The van der Waals surface area contributed by atoms with Crippen molar-refractivity contribution in [3.8, 4) is 0 Å². The number of rotatable bonds is 4. The molecule has 0 atom stereocenters. The first-order chi connectivity index (χ1) is 7.17. The second-order valence-electron chi connectivity index (χ2n) is 2.96. The summed E-state index contributed by atoms with van der Waals surface area (Å²) in [7, 11) is 3.26. The minimum atomic E-state index is -0.124. The molecule has 1 amide bonds. The van der Waals surface area contributed by atoms with Gasteiger partial charge in [-0.3, -0.25) is 9.59 Å². The van der Waals surface area contributed by atoms with Crippen molar-refractivity contribution in [1.82, 2.24) is 15.3 Å². The van der Waals surface area contributed by atoms with Crippen LogP contribution in [0.5, 0.6) is 0 Å². The number of carbonyl (C=O) groups excluding carboxylic acids is 2. The minimum Gasteiger partial charge on any atom is -0.358 e. The number of likely N-dealkylation sites (N-methyl/N-ethyl adjacent to an activating group) is 2. The predicted molar refractivity (Wildman–Crippen MR) is 54.8 cm³/mol. The summed E-state index contributed by atoms with van der Waals surface area (Å²) in [5, 5.41) is 2.50. The van der Waals surface area contributed by atoms with Gasteiger partial charge in [0.15, 0.2) is 6.29 Å². The average Bonchev–Trinajstić information content (AvgIpc) is 2.29. The highest BCUT2D eigenvalue weighted by Crippen LogP contribution is 2.02. The largest absolute Gasteiger partial charge is 0.358 e. The SMILES string of the molecule is CNC(=O)CN(C)c1ncc(C=O)cn1. The molecule has 1 rings (SSSR count). The number of aromatic nitrogens is 2. The molecule has 6 heteroatoms. The van der Waals surface area contributed by atoms with Crippen molar-refractivity contribution in [1.29, 1.82) is 0 Å². The molecule has 0 saturated heterocycles. The monoisotopic (exact) mass is 208 g/mol. The Morgan fingerprint density at radius 1 is 1.53 bits per heavy atom. The van der Waals surface area contributed by atoms with Gasteiger partial charge in [-0.25, -0.2) is 9.97 Å². The Morgan fingerprint density at radius 2 is 2.13 bits per heavy atom. The van der Waals surface area contributed by atoms with Crippen LogP contribution in [0.1, 0.15) is 10.4 Å². The molecule has 0 aliphatic carbocycles. The van der Waals surface area contributed by atoms with Gasteiger partial charge < -0.3 is 10.2 Å². The van der Waals surface area contributed by atoms with Gasteiger partial charge in [0.2, 0.25) is 11.9 Å². The van der Waals surface area contributed by atoms with Gasteiger partial charge in [-0.15, -0.1) is 0 Å². The maximum Gasteiger partial charge on any atom is 0.239 e. The van der Waals surface area contributed by atoms with E-state index in [1.807, 2.05) is 0 Å². The molecular formula is C9H12N4O2. The van der Waals surface area contributed by atoms with Gasteiger partial charge in [0.1, 0.15) is 0 Å². The summed E-state index contributed by atoms with van der Waals surface area (Å²) in [4.78, 5) is 30.9. The summed E-state index contributed by atoms with van der Waals surface area (Å²) in [6.07, 6.45) is 3.49. The Balaban J connectivity index is 2.69. The van der Waals surface area contributed by atoms with E-state index in [2.05, 4.69) is 15.3 Å². The van der Waals surface area contributed by atoms with Crippen molar-refractivity contribution in [3.05, 3.63) is 18.0 Å².